The summed E-state index contributed by atoms with van der Waals surface area (Å²) in [5.41, 5.74) is 7.73. The van der Waals surface area contributed by atoms with Crippen molar-refractivity contribution >= 4 is 16.7 Å². The number of hydrogen-bond donors (Lipinski definition) is 1. The Labute approximate surface area is 186 Å². The van der Waals surface area contributed by atoms with Crippen LogP contribution in [-0.2, 0) is 13.6 Å². The monoisotopic (exact) mass is 418 g/mol. The predicted molar refractivity (Wildman–Crippen MR) is 126 cm³/mol. The van der Waals surface area contributed by atoms with Crippen molar-refractivity contribution in [3.8, 4) is 23.0 Å². The quantitative estimate of drug-likeness (QED) is 0.425. The minimum atomic E-state index is 0.586. The van der Waals surface area contributed by atoms with Gasteiger partial charge in [0.2, 0.25) is 0 Å². The fourth-order valence-electron chi connectivity index (χ4n) is 3.88. The van der Waals surface area contributed by atoms with Crippen LogP contribution in [0, 0.1) is 18.3 Å². The fourth-order valence-corrected chi connectivity index (χ4v) is 3.88. The number of aryl methyl sites for hydroxylation is 2. The molecule has 32 heavy (non-hydrogen) atoms. The molecule has 0 atom stereocenters. The van der Waals surface area contributed by atoms with Crippen molar-refractivity contribution in [3.63, 3.8) is 0 Å². The maximum atomic E-state index is 8.95. The standard InChI is InChI=1S/C26H22N6/c1-18-14-25(20-6-4-3-5-7-20)32(30-18)22-12-13-24-23(15-22)29-26(31(24)2)17-28-21-10-8-19(16-27)9-11-21/h3-15,28H,17H2,1-2H3. The lowest BCUT2D eigenvalue weighted by molar-refractivity contribution is 0.834. The molecule has 0 radical (unpaired) electrons. The fraction of sp³-hybridized carbons (Fsp3) is 0.115. The smallest absolute Gasteiger partial charge is 0.128 e. The zero-order chi connectivity index (χ0) is 22.1. The summed E-state index contributed by atoms with van der Waals surface area (Å²) in [6.45, 7) is 2.59. The Morgan fingerprint density at radius 2 is 1.75 bits per heavy atom. The predicted octanol–water partition coefficient (Wildman–Crippen LogP) is 5.22. The number of hydrogen-bond acceptors (Lipinski definition) is 4. The van der Waals surface area contributed by atoms with Crippen molar-refractivity contribution in [2.45, 2.75) is 13.5 Å². The third kappa shape index (κ3) is 3.61. The molecule has 5 rings (SSSR count). The Hall–Kier alpha value is -4.37. The lowest BCUT2D eigenvalue weighted by Gasteiger charge is -2.08. The third-order valence-electron chi connectivity index (χ3n) is 5.57. The summed E-state index contributed by atoms with van der Waals surface area (Å²) in [7, 11) is 2.03. The van der Waals surface area contributed by atoms with Gasteiger partial charge in [-0.3, -0.25) is 0 Å². The van der Waals surface area contributed by atoms with E-state index in [1.54, 1.807) is 12.1 Å². The molecule has 2 heterocycles. The second-order valence-corrected chi connectivity index (χ2v) is 7.75. The summed E-state index contributed by atoms with van der Waals surface area (Å²) in [6, 6.07) is 28.2. The summed E-state index contributed by atoms with van der Waals surface area (Å²) in [6.07, 6.45) is 0. The molecule has 3 aromatic carbocycles. The van der Waals surface area contributed by atoms with Gasteiger partial charge in [0.15, 0.2) is 0 Å². The SMILES string of the molecule is Cc1cc(-c2ccccc2)n(-c2ccc3c(c2)nc(CNc2ccc(C#N)cc2)n3C)n1. The summed E-state index contributed by atoms with van der Waals surface area (Å²) in [5, 5.41) is 17.1. The van der Waals surface area contributed by atoms with E-state index >= 15 is 0 Å². The van der Waals surface area contributed by atoms with E-state index in [2.05, 4.69) is 52.4 Å². The van der Waals surface area contributed by atoms with Crippen LogP contribution in [0.25, 0.3) is 28.0 Å². The Morgan fingerprint density at radius 1 is 0.969 bits per heavy atom. The van der Waals surface area contributed by atoms with E-state index in [1.165, 1.54) is 0 Å². The topological polar surface area (TPSA) is 71.5 Å². The van der Waals surface area contributed by atoms with Crippen molar-refractivity contribution in [3.05, 3.63) is 95.9 Å². The summed E-state index contributed by atoms with van der Waals surface area (Å²) in [5.74, 6) is 0.932. The van der Waals surface area contributed by atoms with E-state index < -0.39 is 0 Å². The molecular formula is C26H22N6. The lowest BCUT2D eigenvalue weighted by Crippen LogP contribution is -2.05. The normalized spacial score (nSPS) is 10.9. The average molecular weight is 419 g/mol. The van der Waals surface area contributed by atoms with Crippen molar-refractivity contribution in [1.29, 1.82) is 5.26 Å². The van der Waals surface area contributed by atoms with Crippen molar-refractivity contribution in [2.75, 3.05) is 5.32 Å². The van der Waals surface area contributed by atoms with Gasteiger partial charge in [-0.15, -0.1) is 0 Å². The highest BCUT2D eigenvalue weighted by Crippen LogP contribution is 2.26. The van der Waals surface area contributed by atoms with Gasteiger partial charge in [-0.1, -0.05) is 30.3 Å². The molecule has 156 valence electrons. The first-order chi connectivity index (χ1) is 15.6. The van der Waals surface area contributed by atoms with Crippen LogP contribution in [0.4, 0.5) is 5.69 Å². The van der Waals surface area contributed by atoms with Gasteiger partial charge in [0, 0.05) is 18.3 Å². The van der Waals surface area contributed by atoms with Crippen molar-refractivity contribution in [2.24, 2.45) is 7.05 Å². The summed E-state index contributed by atoms with van der Waals surface area (Å²) in [4.78, 5) is 4.86. The maximum absolute atomic E-state index is 8.95. The number of imidazole rings is 1. The van der Waals surface area contributed by atoms with Gasteiger partial charge in [0.25, 0.3) is 0 Å². The van der Waals surface area contributed by atoms with Crippen molar-refractivity contribution in [1.82, 2.24) is 19.3 Å². The van der Waals surface area contributed by atoms with Gasteiger partial charge < -0.3 is 9.88 Å². The molecule has 0 aliphatic heterocycles. The lowest BCUT2D eigenvalue weighted by atomic mass is 10.1. The zero-order valence-electron chi connectivity index (χ0n) is 17.9. The van der Waals surface area contributed by atoms with Crippen LogP contribution in [0.1, 0.15) is 17.1 Å². The number of nitrogens with zero attached hydrogens (tertiary/aromatic N) is 5. The Morgan fingerprint density at radius 3 is 2.50 bits per heavy atom. The first-order valence-electron chi connectivity index (χ1n) is 10.4. The van der Waals surface area contributed by atoms with Gasteiger partial charge in [0.1, 0.15) is 5.82 Å². The minimum absolute atomic E-state index is 0.586. The van der Waals surface area contributed by atoms with Gasteiger partial charge in [-0.2, -0.15) is 10.4 Å². The second-order valence-electron chi connectivity index (χ2n) is 7.75. The van der Waals surface area contributed by atoms with Gasteiger partial charge in [0.05, 0.1) is 46.3 Å². The average Bonchev–Trinajstić information content (AvgIpc) is 3.38. The van der Waals surface area contributed by atoms with Crippen LogP contribution >= 0.6 is 0 Å². The second kappa shape index (κ2) is 8.05. The Bertz CT molecular complexity index is 1440. The van der Waals surface area contributed by atoms with Gasteiger partial charge in [-0.25, -0.2) is 9.67 Å². The molecule has 0 fully saturated rings. The number of aromatic nitrogens is 4. The molecule has 1 N–H and O–H groups in total. The van der Waals surface area contributed by atoms with E-state index in [-0.39, 0.29) is 0 Å². The molecule has 6 nitrogen and oxygen atoms in total. The van der Waals surface area contributed by atoms with E-state index in [0.717, 1.165) is 45.2 Å². The van der Waals surface area contributed by atoms with E-state index in [0.29, 0.717) is 12.1 Å². The van der Waals surface area contributed by atoms with Crippen molar-refractivity contribution < 1.29 is 0 Å². The molecule has 0 bridgehead atoms. The molecule has 0 saturated carbocycles. The molecule has 0 spiro atoms. The highest BCUT2D eigenvalue weighted by molar-refractivity contribution is 5.79. The number of nitrogens with one attached hydrogen (secondary N) is 1. The molecular weight excluding hydrogens is 396 g/mol. The van der Waals surface area contributed by atoms with E-state index in [1.807, 2.05) is 49.0 Å². The molecule has 0 amide bonds. The molecule has 0 aliphatic carbocycles. The molecule has 6 heteroatoms. The van der Waals surface area contributed by atoms with Crippen LogP contribution in [0.2, 0.25) is 0 Å². The summed E-state index contributed by atoms with van der Waals surface area (Å²) >= 11 is 0. The van der Waals surface area contributed by atoms with Gasteiger partial charge >= 0.3 is 0 Å². The summed E-state index contributed by atoms with van der Waals surface area (Å²) < 4.78 is 4.08. The Kier molecular flexibility index (Phi) is 4.92. The number of benzene rings is 3. The number of rotatable bonds is 5. The van der Waals surface area contributed by atoms with Crippen LogP contribution in [0.15, 0.2) is 78.9 Å². The number of fused-ring (bicyclic) bond motifs is 1. The number of nitriles is 1. The molecule has 0 aliphatic rings. The van der Waals surface area contributed by atoms with Crippen LogP contribution in [0.3, 0.4) is 0 Å². The Balaban J connectivity index is 1.46. The molecule has 0 saturated heterocycles. The largest absolute Gasteiger partial charge is 0.378 e. The molecule has 2 aromatic heterocycles. The van der Waals surface area contributed by atoms with Gasteiger partial charge in [-0.05, 0) is 55.5 Å². The number of anilines is 1. The highest BCUT2D eigenvalue weighted by Gasteiger charge is 2.13. The third-order valence-corrected chi connectivity index (χ3v) is 5.57. The highest BCUT2D eigenvalue weighted by atomic mass is 15.3. The minimum Gasteiger partial charge on any atom is -0.378 e. The van der Waals surface area contributed by atoms with E-state index in [4.69, 9.17) is 15.3 Å². The maximum Gasteiger partial charge on any atom is 0.128 e. The van der Waals surface area contributed by atoms with E-state index in [9.17, 15) is 0 Å². The van der Waals surface area contributed by atoms with Crippen LogP contribution in [-0.4, -0.2) is 19.3 Å². The molecule has 0 unspecified atom stereocenters. The first kappa shape index (κ1) is 19.6. The zero-order valence-corrected chi connectivity index (χ0v) is 17.9. The van der Waals surface area contributed by atoms with Crippen LogP contribution < -0.4 is 5.32 Å². The molecule has 5 aromatic rings. The van der Waals surface area contributed by atoms with Crippen LogP contribution in [0.5, 0.6) is 0 Å². The first-order valence-corrected chi connectivity index (χ1v) is 10.4.